The van der Waals surface area contributed by atoms with E-state index in [1.54, 1.807) is 31.2 Å². The molecule has 1 aromatic rings. The standard InChI is InChI=1S/C14H17N3O4S/c1-8-7-15-13(20)17(8)14(21)16-11(12(18)19)9-3-5-10(22-2)6-4-9/h3-6,8,11H,7H2,1-2H3,(H,15,20)(H,16,21)(H,18,19). The number of amides is 4. The van der Waals surface area contributed by atoms with Crippen molar-refractivity contribution in [3.8, 4) is 0 Å². The van der Waals surface area contributed by atoms with Crippen molar-refractivity contribution < 1.29 is 19.5 Å². The van der Waals surface area contributed by atoms with Gasteiger partial charge in [-0.3, -0.25) is 0 Å². The number of nitrogens with one attached hydrogen (secondary N) is 2. The number of carboxylic acid groups (broad SMARTS) is 1. The van der Waals surface area contributed by atoms with Gasteiger partial charge in [0.1, 0.15) is 0 Å². The molecule has 1 aliphatic rings. The molecule has 1 aliphatic heterocycles. The highest BCUT2D eigenvalue weighted by Crippen LogP contribution is 2.20. The molecule has 0 spiro atoms. The Morgan fingerprint density at radius 1 is 1.41 bits per heavy atom. The SMILES string of the molecule is CSc1ccc(C(NC(=O)N2C(=O)NCC2C)C(=O)O)cc1. The van der Waals surface area contributed by atoms with Gasteiger partial charge in [-0.1, -0.05) is 12.1 Å². The zero-order valence-electron chi connectivity index (χ0n) is 12.2. The lowest BCUT2D eigenvalue weighted by Gasteiger charge is -2.22. The van der Waals surface area contributed by atoms with Crippen LogP contribution in [0.25, 0.3) is 0 Å². The summed E-state index contributed by atoms with van der Waals surface area (Å²) in [7, 11) is 0. The maximum atomic E-state index is 12.2. The first-order chi connectivity index (χ1) is 10.4. The van der Waals surface area contributed by atoms with Crippen LogP contribution < -0.4 is 10.6 Å². The quantitative estimate of drug-likeness (QED) is 0.732. The Hall–Kier alpha value is -2.22. The van der Waals surface area contributed by atoms with Gasteiger partial charge in [-0.25, -0.2) is 19.3 Å². The molecule has 3 N–H and O–H groups in total. The molecule has 2 unspecified atom stereocenters. The molecule has 2 rings (SSSR count). The maximum absolute atomic E-state index is 12.2. The Bertz CT molecular complexity index is 590. The molecule has 1 fully saturated rings. The molecule has 7 nitrogen and oxygen atoms in total. The van der Waals surface area contributed by atoms with Crippen molar-refractivity contribution >= 4 is 29.8 Å². The number of aliphatic carboxylic acids is 1. The summed E-state index contributed by atoms with van der Waals surface area (Å²) in [5, 5.41) is 14.3. The second-order valence-corrected chi connectivity index (χ2v) is 5.78. The Morgan fingerprint density at radius 3 is 2.50 bits per heavy atom. The van der Waals surface area contributed by atoms with Gasteiger partial charge in [0, 0.05) is 11.4 Å². The minimum Gasteiger partial charge on any atom is -0.479 e. The molecular formula is C14H17N3O4S. The topological polar surface area (TPSA) is 98.7 Å². The van der Waals surface area contributed by atoms with E-state index in [0.29, 0.717) is 12.1 Å². The summed E-state index contributed by atoms with van der Waals surface area (Å²) in [6, 6.07) is 4.11. The molecule has 0 radical (unpaired) electrons. The first kappa shape index (κ1) is 16.2. The van der Waals surface area contributed by atoms with Crippen LogP contribution in [0.15, 0.2) is 29.2 Å². The lowest BCUT2D eigenvalue weighted by Crippen LogP contribution is -2.47. The predicted octanol–water partition coefficient (Wildman–Crippen LogP) is 1.66. The third kappa shape index (κ3) is 3.33. The van der Waals surface area contributed by atoms with Crippen LogP contribution in [0, 0.1) is 0 Å². The number of carbonyl (C=O) groups is 3. The van der Waals surface area contributed by atoms with E-state index in [4.69, 9.17) is 0 Å². The van der Waals surface area contributed by atoms with Crippen molar-refractivity contribution in [3.63, 3.8) is 0 Å². The van der Waals surface area contributed by atoms with Crippen molar-refractivity contribution in [2.24, 2.45) is 0 Å². The van der Waals surface area contributed by atoms with Crippen LogP contribution in [0.5, 0.6) is 0 Å². The van der Waals surface area contributed by atoms with Crippen molar-refractivity contribution in [1.82, 2.24) is 15.5 Å². The Kier molecular flexibility index (Phi) is 4.92. The van der Waals surface area contributed by atoms with E-state index in [-0.39, 0.29) is 6.04 Å². The lowest BCUT2D eigenvalue weighted by molar-refractivity contribution is -0.139. The van der Waals surface area contributed by atoms with E-state index in [1.807, 2.05) is 6.26 Å². The summed E-state index contributed by atoms with van der Waals surface area (Å²) in [6.45, 7) is 2.06. The molecule has 4 amide bonds. The predicted molar refractivity (Wildman–Crippen MR) is 81.8 cm³/mol. The summed E-state index contributed by atoms with van der Waals surface area (Å²) < 4.78 is 0. The Labute approximate surface area is 132 Å². The van der Waals surface area contributed by atoms with E-state index < -0.39 is 24.1 Å². The third-order valence-electron chi connectivity index (χ3n) is 3.39. The zero-order valence-corrected chi connectivity index (χ0v) is 13.0. The summed E-state index contributed by atoms with van der Waals surface area (Å²) in [5.41, 5.74) is 0.450. The van der Waals surface area contributed by atoms with Gasteiger partial charge >= 0.3 is 18.0 Å². The smallest absolute Gasteiger partial charge is 0.330 e. The van der Waals surface area contributed by atoms with E-state index in [2.05, 4.69) is 10.6 Å². The largest absolute Gasteiger partial charge is 0.479 e. The number of nitrogens with zero attached hydrogens (tertiary/aromatic N) is 1. The van der Waals surface area contributed by atoms with E-state index in [0.717, 1.165) is 9.80 Å². The molecule has 0 aliphatic carbocycles. The second-order valence-electron chi connectivity index (χ2n) is 4.90. The van der Waals surface area contributed by atoms with Crippen LogP contribution in [0.2, 0.25) is 0 Å². The van der Waals surface area contributed by atoms with E-state index in [9.17, 15) is 19.5 Å². The number of carbonyl (C=O) groups excluding carboxylic acids is 2. The number of carboxylic acids is 1. The van der Waals surface area contributed by atoms with Gasteiger partial charge in [0.05, 0.1) is 6.04 Å². The number of thioether (sulfide) groups is 1. The molecule has 8 heteroatoms. The van der Waals surface area contributed by atoms with Gasteiger partial charge in [-0.2, -0.15) is 0 Å². The summed E-state index contributed by atoms with van der Waals surface area (Å²) >= 11 is 1.54. The number of urea groups is 2. The molecule has 0 bridgehead atoms. The maximum Gasteiger partial charge on any atom is 0.330 e. The van der Waals surface area contributed by atoms with Crippen molar-refractivity contribution in [1.29, 1.82) is 0 Å². The second kappa shape index (κ2) is 6.69. The van der Waals surface area contributed by atoms with Gasteiger partial charge in [0.25, 0.3) is 0 Å². The van der Waals surface area contributed by atoms with Gasteiger partial charge in [0.2, 0.25) is 0 Å². The van der Waals surface area contributed by atoms with Crippen molar-refractivity contribution in [2.45, 2.75) is 23.9 Å². The Balaban J connectivity index is 2.16. The molecule has 0 aromatic heterocycles. The highest BCUT2D eigenvalue weighted by atomic mass is 32.2. The highest BCUT2D eigenvalue weighted by molar-refractivity contribution is 7.98. The van der Waals surface area contributed by atoms with Gasteiger partial charge < -0.3 is 15.7 Å². The van der Waals surface area contributed by atoms with Crippen molar-refractivity contribution in [3.05, 3.63) is 29.8 Å². The molecule has 1 saturated heterocycles. The summed E-state index contributed by atoms with van der Waals surface area (Å²) in [4.78, 5) is 37.2. The molecule has 118 valence electrons. The van der Waals surface area contributed by atoms with E-state index in [1.165, 1.54) is 11.8 Å². The van der Waals surface area contributed by atoms with E-state index >= 15 is 0 Å². The number of hydrogen-bond acceptors (Lipinski definition) is 4. The monoisotopic (exact) mass is 323 g/mol. The highest BCUT2D eigenvalue weighted by Gasteiger charge is 2.35. The zero-order chi connectivity index (χ0) is 16.3. The summed E-state index contributed by atoms with van der Waals surface area (Å²) in [5.74, 6) is -1.18. The van der Waals surface area contributed by atoms with Gasteiger partial charge in [-0.05, 0) is 30.9 Å². The minimum absolute atomic E-state index is 0.319. The number of imide groups is 1. The van der Waals surface area contributed by atoms with Gasteiger partial charge in [-0.15, -0.1) is 11.8 Å². The number of rotatable bonds is 4. The molecule has 22 heavy (non-hydrogen) atoms. The molecule has 2 atom stereocenters. The Morgan fingerprint density at radius 2 is 2.05 bits per heavy atom. The average molecular weight is 323 g/mol. The molecule has 0 saturated carbocycles. The van der Waals surface area contributed by atoms with Crippen LogP contribution in [0.1, 0.15) is 18.5 Å². The van der Waals surface area contributed by atoms with Crippen LogP contribution in [0.3, 0.4) is 0 Å². The minimum atomic E-state index is -1.20. The van der Waals surface area contributed by atoms with Crippen LogP contribution in [-0.4, -0.2) is 46.9 Å². The third-order valence-corrected chi connectivity index (χ3v) is 4.13. The summed E-state index contributed by atoms with van der Waals surface area (Å²) in [6.07, 6.45) is 1.92. The molecule has 1 aromatic carbocycles. The molecular weight excluding hydrogens is 306 g/mol. The fourth-order valence-corrected chi connectivity index (χ4v) is 2.59. The molecule has 1 heterocycles. The van der Waals surface area contributed by atoms with Crippen LogP contribution >= 0.6 is 11.8 Å². The average Bonchev–Trinajstić information content (AvgIpc) is 2.83. The fraction of sp³-hybridized carbons (Fsp3) is 0.357. The normalized spacial score (nSPS) is 18.7. The lowest BCUT2D eigenvalue weighted by atomic mass is 10.1. The van der Waals surface area contributed by atoms with Crippen LogP contribution in [0.4, 0.5) is 9.59 Å². The van der Waals surface area contributed by atoms with Crippen molar-refractivity contribution in [2.75, 3.05) is 12.8 Å². The fourth-order valence-electron chi connectivity index (χ4n) is 2.18. The first-order valence-corrected chi connectivity index (χ1v) is 7.91. The number of hydrogen-bond donors (Lipinski definition) is 3. The van der Waals surface area contributed by atoms with Gasteiger partial charge in [0.15, 0.2) is 6.04 Å². The number of benzene rings is 1. The van der Waals surface area contributed by atoms with Crippen LogP contribution in [-0.2, 0) is 4.79 Å². The first-order valence-electron chi connectivity index (χ1n) is 6.68.